The summed E-state index contributed by atoms with van der Waals surface area (Å²) in [4.78, 5) is 20.1. The Morgan fingerprint density at radius 1 is 1.37 bits per heavy atom. The zero-order valence-corrected chi connectivity index (χ0v) is 11.0. The highest BCUT2D eigenvalue weighted by atomic mass is 32.1. The van der Waals surface area contributed by atoms with Gasteiger partial charge in [0.2, 0.25) is 6.08 Å². The van der Waals surface area contributed by atoms with Crippen molar-refractivity contribution in [2.24, 2.45) is 4.99 Å². The molecule has 0 amide bonds. The second-order valence-corrected chi connectivity index (χ2v) is 6.06. The van der Waals surface area contributed by atoms with Crippen molar-refractivity contribution in [1.82, 2.24) is 10.1 Å². The molecule has 2 aromatic heterocycles. The zero-order chi connectivity index (χ0) is 12.8. The van der Waals surface area contributed by atoms with Crippen LogP contribution < -0.4 is 0 Å². The lowest BCUT2D eigenvalue weighted by Crippen LogP contribution is -1.84. The number of hydrogen-bond donors (Lipinski definition) is 0. The summed E-state index contributed by atoms with van der Waals surface area (Å²) in [5, 5.41) is 4.70. The van der Waals surface area contributed by atoms with E-state index in [4.69, 9.17) is 4.52 Å². The molecule has 0 spiro atoms. The highest BCUT2D eigenvalue weighted by molar-refractivity contribution is 7.16. The molecule has 0 aromatic carbocycles. The number of aromatic nitrogens is 2. The second-order valence-electron chi connectivity index (χ2n) is 4.97. The summed E-state index contributed by atoms with van der Waals surface area (Å²) in [7, 11) is 0. The largest absolute Gasteiger partial charge is 0.334 e. The van der Waals surface area contributed by atoms with Gasteiger partial charge in [-0.3, -0.25) is 0 Å². The number of aryl methyl sites for hydroxylation is 1. The van der Waals surface area contributed by atoms with Gasteiger partial charge < -0.3 is 4.52 Å². The Balaban J connectivity index is 1.85. The third-order valence-electron chi connectivity index (χ3n) is 3.65. The van der Waals surface area contributed by atoms with Crippen LogP contribution >= 0.6 is 11.3 Å². The van der Waals surface area contributed by atoms with Gasteiger partial charge in [0.05, 0.1) is 5.56 Å². The van der Waals surface area contributed by atoms with E-state index < -0.39 is 0 Å². The van der Waals surface area contributed by atoms with Crippen molar-refractivity contribution in [2.75, 3.05) is 0 Å². The van der Waals surface area contributed by atoms with E-state index in [0.717, 1.165) is 43.5 Å². The van der Waals surface area contributed by atoms with Gasteiger partial charge in [0.15, 0.2) is 5.82 Å². The van der Waals surface area contributed by atoms with Crippen LogP contribution in [-0.2, 0) is 17.6 Å². The number of carbonyl (C=O) groups excluding carboxylic acids is 1. The average molecular weight is 273 g/mol. The van der Waals surface area contributed by atoms with Crippen LogP contribution in [0.1, 0.15) is 41.4 Å². The maximum absolute atomic E-state index is 10.6. The van der Waals surface area contributed by atoms with E-state index >= 15 is 0 Å². The first-order valence-electron chi connectivity index (χ1n) is 6.43. The van der Waals surface area contributed by atoms with Gasteiger partial charge in [0.1, 0.15) is 5.00 Å². The van der Waals surface area contributed by atoms with Crippen molar-refractivity contribution in [2.45, 2.75) is 38.0 Å². The molecule has 4 rings (SSSR count). The average Bonchev–Trinajstić information content (AvgIpc) is 2.84. The maximum atomic E-state index is 10.6. The van der Waals surface area contributed by atoms with Crippen LogP contribution in [0.3, 0.4) is 0 Å². The number of aliphatic imine (C=N–C) groups is 1. The molecule has 96 valence electrons. The molecule has 0 radical (unpaired) electrons. The molecule has 2 aliphatic carbocycles. The molecule has 0 aliphatic heterocycles. The third-order valence-corrected chi connectivity index (χ3v) is 4.83. The predicted octanol–water partition coefficient (Wildman–Crippen LogP) is 3.13. The lowest BCUT2D eigenvalue weighted by atomic mass is 10.1. The quantitative estimate of drug-likeness (QED) is 0.636. The Hall–Kier alpha value is -1.78. The first-order valence-corrected chi connectivity index (χ1v) is 7.25. The van der Waals surface area contributed by atoms with E-state index in [1.807, 2.05) is 0 Å². The molecule has 1 saturated carbocycles. The number of thiophene rings is 1. The minimum absolute atomic E-state index is 0.460. The smallest absolute Gasteiger partial charge is 0.261 e. The number of fused-ring (bicyclic) bond motifs is 1. The monoisotopic (exact) mass is 273 g/mol. The second kappa shape index (κ2) is 4.11. The first-order chi connectivity index (χ1) is 9.36. The van der Waals surface area contributed by atoms with E-state index in [9.17, 15) is 4.79 Å². The van der Waals surface area contributed by atoms with Gasteiger partial charge in [-0.05, 0) is 37.7 Å². The number of hydrogen-bond acceptors (Lipinski definition) is 6. The van der Waals surface area contributed by atoms with Gasteiger partial charge in [0.25, 0.3) is 5.89 Å². The van der Waals surface area contributed by atoms with Crippen molar-refractivity contribution in [3.63, 3.8) is 0 Å². The highest BCUT2D eigenvalue weighted by Gasteiger charge is 2.31. The van der Waals surface area contributed by atoms with E-state index in [1.165, 1.54) is 10.4 Å². The standard InChI is InChI=1S/C13H11N3O2S/c17-6-14-13-10(8-2-1-3-9(8)19-13)12-15-11(16-18-12)7-4-5-7/h7H,1-5H2. The fraction of sp³-hybridized carbons (Fsp3) is 0.462. The Labute approximate surface area is 113 Å². The number of nitrogens with zero attached hydrogens (tertiary/aromatic N) is 3. The molecule has 0 bridgehead atoms. The van der Waals surface area contributed by atoms with Crippen LogP contribution in [0.4, 0.5) is 5.00 Å². The van der Waals surface area contributed by atoms with Crippen LogP contribution in [0.5, 0.6) is 0 Å². The Kier molecular flexibility index (Phi) is 2.40. The first kappa shape index (κ1) is 11.1. The lowest BCUT2D eigenvalue weighted by Gasteiger charge is -1.95. The molecule has 1 fully saturated rings. The molecule has 0 unspecified atom stereocenters. The molecular formula is C13H11N3O2S. The molecular weight excluding hydrogens is 262 g/mol. The van der Waals surface area contributed by atoms with Gasteiger partial charge in [-0.25, -0.2) is 4.79 Å². The van der Waals surface area contributed by atoms with Gasteiger partial charge in [0, 0.05) is 10.8 Å². The molecule has 2 heterocycles. The molecule has 19 heavy (non-hydrogen) atoms. The molecule has 0 atom stereocenters. The van der Waals surface area contributed by atoms with Crippen molar-refractivity contribution in [3.05, 3.63) is 16.3 Å². The Morgan fingerprint density at radius 3 is 3.05 bits per heavy atom. The molecule has 5 nitrogen and oxygen atoms in total. The Bertz CT molecular complexity index is 693. The van der Waals surface area contributed by atoms with Gasteiger partial charge >= 0.3 is 0 Å². The van der Waals surface area contributed by atoms with Crippen LogP contribution in [0.25, 0.3) is 11.5 Å². The zero-order valence-electron chi connectivity index (χ0n) is 10.2. The number of isocyanates is 1. The summed E-state index contributed by atoms with van der Waals surface area (Å²) in [6, 6.07) is 0. The molecule has 2 aromatic rings. The van der Waals surface area contributed by atoms with E-state index in [-0.39, 0.29) is 0 Å². The SMILES string of the molecule is O=C=Nc1sc2c(c1-c1nc(C3CC3)no1)CCC2. The van der Waals surface area contributed by atoms with Gasteiger partial charge in [-0.2, -0.15) is 9.98 Å². The third kappa shape index (κ3) is 1.76. The van der Waals surface area contributed by atoms with Crippen molar-refractivity contribution in [3.8, 4) is 11.5 Å². The van der Waals surface area contributed by atoms with Crippen molar-refractivity contribution >= 4 is 22.4 Å². The normalized spacial score (nSPS) is 17.3. The van der Waals surface area contributed by atoms with Gasteiger partial charge in [-0.15, -0.1) is 11.3 Å². The highest BCUT2D eigenvalue weighted by Crippen LogP contribution is 2.47. The van der Waals surface area contributed by atoms with Crippen LogP contribution in [0.2, 0.25) is 0 Å². The van der Waals surface area contributed by atoms with Crippen LogP contribution in [-0.4, -0.2) is 16.2 Å². The molecule has 0 saturated heterocycles. The van der Waals surface area contributed by atoms with Gasteiger partial charge in [-0.1, -0.05) is 5.16 Å². The fourth-order valence-electron chi connectivity index (χ4n) is 2.57. The molecule has 2 aliphatic rings. The Morgan fingerprint density at radius 2 is 2.26 bits per heavy atom. The fourth-order valence-corrected chi connectivity index (χ4v) is 3.78. The summed E-state index contributed by atoms with van der Waals surface area (Å²) >= 11 is 1.54. The summed E-state index contributed by atoms with van der Waals surface area (Å²) in [5.74, 6) is 1.76. The molecule has 6 heteroatoms. The molecule has 0 N–H and O–H groups in total. The topological polar surface area (TPSA) is 68.3 Å². The van der Waals surface area contributed by atoms with Crippen LogP contribution in [0.15, 0.2) is 9.52 Å². The summed E-state index contributed by atoms with van der Waals surface area (Å²) in [6.45, 7) is 0. The van der Waals surface area contributed by atoms with E-state index in [0.29, 0.717) is 16.8 Å². The van der Waals surface area contributed by atoms with Crippen LogP contribution in [0, 0.1) is 0 Å². The van der Waals surface area contributed by atoms with Crippen molar-refractivity contribution < 1.29 is 9.32 Å². The van der Waals surface area contributed by atoms with Crippen molar-refractivity contribution in [1.29, 1.82) is 0 Å². The van der Waals surface area contributed by atoms with E-state index in [1.54, 1.807) is 17.4 Å². The minimum Gasteiger partial charge on any atom is -0.334 e. The maximum Gasteiger partial charge on any atom is 0.261 e. The lowest BCUT2D eigenvalue weighted by molar-refractivity contribution is 0.422. The predicted molar refractivity (Wildman–Crippen MR) is 69.4 cm³/mol. The summed E-state index contributed by atoms with van der Waals surface area (Å²) in [5.41, 5.74) is 2.09. The number of rotatable bonds is 3. The summed E-state index contributed by atoms with van der Waals surface area (Å²) in [6.07, 6.45) is 7.08. The minimum atomic E-state index is 0.460. The van der Waals surface area contributed by atoms with E-state index in [2.05, 4.69) is 15.1 Å². The summed E-state index contributed by atoms with van der Waals surface area (Å²) < 4.78 is 5.38.